The number of likely N-dealkylation sites (tertiary alicyclic amines) is 1. The summed E-state index contributed by atoms with van der Waals surface area (Å²) < 4.78 is 1.67. The maximum atomic E-state index is 12.1. The van der Waals surface area contributed by atoms with Crippen molar-refractivity contribution in [1.82, 2.24) is 14.8 Å². The molecule has 3 rings (SSSR count). The van der Waals surface area contributed by atoms with Crippen molar-refractivity contribution < 1.29 is 4.79 Å². The lowest BCUT2D eigenvalue weighted by molar-refractivity contribution is -0.121. The second-order valence-electron chi connectivity index (χ2n) is 7.08. The largest absolute Gasteiger partial charge is 0.356 e. The van der Waals surface area contributed by atoms with Gasteiger partial charge >= 0.3 is 4.87 Å². The number of hydrogen-bond acceptors (Lipinski definition) is 4. The van der Waals surface area contributed by atoms with Crippen LogP contribution >= 0.6 is 11.3 Å². The van der Waals surface area contributed by atoms with Gasteiger partial charge in [-0.1, -0.05) is 41.7 Å². The molecule has 1 unspecified atom stereocenters. The Labute approximate surface area is 158 Å². The van der Waals surface area contributed by atoms with Gasteiger partial charge in [0.1, 0.15) is 0 Å². The topological polar surface area (TPSA) is 54.3 Å². The quantitative estimate of drug-likeness (QED) is 0.812. The van der Waals surface area contributed by atoms with E-state index >= 15 is 0 Å². The Bertz CT molecular complexity index is 769. The number of aromatic nitrogens is 1. The summed E-state index contributed by atoms with van der Waals surface area (Å²) in [6, 6.07) is 10.5. The van der Waals surface area contributed by atoms with Gasteiger partial charge in [0.25, 0.3) is 0 Å². The third-order valence-electron chi connectivity index (χ3n) is 4.98. The molecule has 5 nitrogen and oxygen atoms in total. The van der Waals surface area contributed by atoms with Crippen LogP contribution in [-0.2, 0) is 17.9 Å². The van der Waals surface area contributed by atoms with Crippen molar-refractivity contribution in [3.63, 3.8) is 0 Å². The number of nitrogens with zero attached hydrogens (tertiary/aromatic N) is 2. The zero-order valence-electron chi connectivity index (χ0n) is 15.3. The van der Waals surface area contributed by atoms with Crippen molar-refractivity contribution in [3.8, 4) is 0 Å². The van der Waals surface area contributed by atoms with E-state index in [1.807, 2.05) is 18.4 Å². The van der Waals surface area contributed by atoms with E-state index in [0.29, 0.717) is 18.9 Å². The van der Waals surface area contributed by atoms with Crippen molar-refractivity contribution in [1.29, 1.82) is 0 Å². The number of nitrogens with one attached hydrogen (secondary N) is 1. The van der Waals surface area contributed by atoms with Gasteiger partial charge in [-0.3, -0.25) is 14.5 Å². The molecule has 1 aromatic carbocycles. The van der Waals surface area contributed by atoms with Crippen LogP contribution in [0.25, 0.3) is 0 Å². The van der Waals surface area contributed by atoms with Crippen LogP contribution in [0.1, 0.15) is 30.5 Å². The summed E-state index contributed by atoms with van der Waals surface area (Å²) in [5.74, 6) is 0.532. The number of amides is 1. The van der Waals surface area contributed by atoms with Crippen LogP contribution < -0.4 is 10.2 Å². The number of thiazole rings is 1. The van der Waals surface area contributed by atoms with Crippen molar-refractivity contribution in [3.05, 3.63) is 56.6 Å². The summed E-state index contributed by atoms with van der Waals surface area (Å²) in [5, 5.41) is 4.90. The molecular weight excluding hydrogens is 346 g/mol. The maximum Gasteiger partial charge on any atom is 0.307 e. The molecule has 1 atom stereocenters. The first-order valence-corrected chi connectivity index (χ1v) is 10.2. The maximum absolute atomic E-state index is 12.1. The highest BCUT2D eigenvalue weighted by molar-refractivity contribution is 7.07. The lowest BCUT2D eigenvalue weighted by atomic mass is 9.97. The SMILES string of the molecule is Cc1csc(=O)n1CCC(=O)NCC1CCCN(Cc2ccccc2)C1. The number of hydrogen-bond donors (Lipinski definition) is 1. The molecule has 1 saturated heterocycles. The Morgan fingerprint density at radius 1 is 1.31 bits per heavy atom. The van der Waals surface area contributed by atoms with E-state index in [-0.39, 0.29) is 10.8 Å². The van der Waals surface area contributed by atoms with Crippen LogP contribution in [0.2, 0.25) is 0 Å². The molecule has 26 heavy (non-hydrogen) atoms. The number of aryl methyl sites for hydroxylation is 1. The summed E-state index contributed by atoms with van der Waals surface area (Å²) in [6.45, 7) is 6.22. The lowest BCUT2D eigenvalue weighted by Crippen LogP contribution is -2.40. The second kappa shape index (κ2) is 9.14. The summed E-state index contributed by atoms with van der Waals surface area (Å²) in [4.78, 5) is 26.3. The average molecular weight is 374 g/mol. The van der Waals surface area contributed by atoms with Gasteiger partial charge < -0.3 is 9.88 Å². The molecule has 0 bridgehead atoms. The standard InChI is InChI=1S/C20H27N3O2S/c1-16-15-26-20(25)23(16)11-9-19(24)21-12-18-8-5-10-22(14-18)13-17-6-3-2-4-7-17/h2-4,6-7,15,18H,5,8-14H2,1H3,(H,21,24). The van der Waals surface area contributed by atoms with Crippen LogP contribution in [0.15, 0.2) is 40.5 Å². The summed E-state index contributed by atoms with van der Waals surface area (Å²) in [6.07, 6.45) is 2.70. The molecule has 1 aromatic heterocycles. The molecule has 2 heterocycles. The average Bonchev–Trinajstić information content (AvgIpc) is 2.97. The van der Waals surface area contributed by atoms with Gasteiger partial charge in [0.2, 0.25) is 5.91 Å². The molecule has 0 spiro atoms. The number of rotatable bonds is 7. The molecule has 140 valence electrons. The second-order valence-corrected chi connectivity index (χ2v) is 7.90. The fourth-order valence-corrected chi connectivity index (χ4v) is 4.30. The Balaban J connectivity index is 1.41. The van der Waals surface area contributed by atoms with E-state index in [1.165, 1.54) is 23.3 Å². The van der Waals surface area contributed by atoms with E-state index in [0.717, 1.165) is 38.3 Å². The van der Waals surface area contributed by atoms with E-state index < -0.39 is 0 Å². The highest BCUT2D eigenvalue weighted by Gasteiger charge is 2.20. The summed E-state index contributed by atoms with van der Waals surface area (Å²) in [5.41, 5.74) is 2.27. The van der Waals surface area contributed by atoms with Gasteiger partial charge in [0.05, 0.1) is 0 Å². The molecule has 0 saturated carbocycles. The smallest absolute Gasteiger partial charge is 0.307 e. The van der Waals surface area contributed by atoms with Gasteiger partial charge in [-0.15, -0.1) is 0 Å². The Morgan fingerprint density at radius 2 is 2.12 bits per heavy atom. The van der Waals surface area contributed by atoms with E-state index in [4.69, 9.17) is 0 Å². The summed E-state index contributed by atoms with van der Waals surface area (Å²) in [7, 11) is 0. The zero-order chi connectivity index (χ0) is 18.4. The van der Waals surface area contributed by atoms with Crippen LogP contribution in [0, 0.1) is 12.8 Å². The predicted octanol–water partition coefficient (Wildman–Crippen LogP) is 2.64. The molecule has 0 radical (unpaired) electrons. The first kappa shape index (κ1) is 18.9. The van der Waals surface area contributed by atoms with Crippen molar-refractivity contribution in [2.75, 3.05) is 19.6 Å². The van der Waals surface area contributed by atoms with Gasteiger partial charge in [0, 0.05) is 43.7 Å². The van der Waals surface area contributed by atoms with Gasteiger partial charge in [-0.25, -0.2) is 0 Å². The Hall–Kier alpha value is -1.92. The fourth-order valence-electron chi connectivity index (χ4n) is 3.54. The number of carbonyl (C=O) groups excluding carboxylic acids is 1. The fraction of sp³-hybridized carbons (Fsp3) is 0.500. The molecule has 1 amide bonds. The van der Waals surface area contributed by atoms with E-state index in [1.54, 1.807) is 4.57 Å². The molecule has 2 aromatic rings. The van der Waals surface area contributed by atoms with Crippen LogP contribution in [0.5, 0.6) is 0 Å². The van der Waals surface area contributed by atoms with Crippen LogP contribution in [0.4, 0.5) is 0 Å². The Kier molecular flexibility index (Phi) is 6.63. The van der Waals surface area contributed by atoms with Crippen molar-refractivity contribution >= 4 is 17.2 Å². The number of carbonyl (C=O) groups is 1. The number of piperidine rings is 1. The lowest BCUT2D eigenvalue weighted by Gasteiger charge is -2.32. The first-order chi connectivity index (χ1) is 12.6. The third-order valence-corrected chi connectivity index (χ3v) is 5.86. The predicted molar refractivity (Wildman–Crippen MR) is 105 cm³/mol. The monoisotopic (exact) mass is 373 g/mol. The minimum Gasteiger partial charge on any atom is -0.356 e. The first-order valence-electron chi connectivity index (χ1n) is 9.29. The number of benzene rings is 1. The Morgan fingerprint density at radius 3 is 2.85 bits per heavy atom. The van der Waals surface area contributed by atoms with Gasteiger partial charge in [-0.05, 0) is 37.8 Å². The highest BCUT2D eigenvalue weighted by Crippen LogP contribution is 2.18. The van der Waals surface area contributed by atoms with Gasteiger partial charge in [0.15, 0.2) is 0 Å². The molecule has 0 aliphatic carbocycles. The van der Waals surface area contributed by atoms with Crippen LogP contribution in [-0.4, -0.2) is 35.0 Å². The minimum atomic E-state index is 0.0131. The minimum absolute atomic E-state index is 0.0131. The van der Waals surface area contributed by atoms with Gasteiger partial charge in [-0.2, -0.15) is 0 Å². The summed E-state index contributed by atoms with van der Waals surface area (Å²) >= 11 is 1.19. The molecular formula is C20H27N3O2S. The van der Waals surface area contributed by atoms with E-state index in [9.17, 15) is 9.59 Å². The van der Waals surface area contributed by atoms with E-state index in [2.05, 4.69) is 34.5 Å². The third kappa shape index (κ3) is 5.29. The van der Waals surface area contributed by atoms with Crippen molar-refractivity contribution in [2.24, 2.45) is 5.92 Å². The normalized spacial score (nSPS) is 18.0. The molecule has 1 aliphatic heterocycles. The molecule has 6 heteroatoms. The zero-order valence-corrected chi connectivity index (χ0v) is 16.1. The van der Waals surface area contributed by atoms with Crippen LogP contribution in [0.3, 0.4) is 0 Å². The molecule has 1 N–H and O–H groups in total. The molecule has 1 aliphatic rings. The van der Waals surface area contributed by atoms with Crippen molar-refractivity contribution in [2.45, 2.75) is 39.3 Å². The molecule has 1 fully saturated rings. The highest BCUT2D eigenvalue weighted by atomic mass is 32.1.